The van der Waals surface area contributed by atoms with Crippen molar-refractivity contribution in [2.75, 3.05) is 17.4 Å². The van der Waals surface area contributed by atoms with E-state index in [9.17, 15) is 16.8 Å². The van der Waals surface area contributed by atoms with Crippen molar-refractivity contribution >= 4 is 37.3 Å². The molecular formula is C31H38ClN3O4S2. The molecule has 2 aliphatic heterocycles. The highest BCUT2D eigenvalue weighted by molar-refractivity contribution is 7.92. The van der Waals surface area contributed by atoms with Crippen molar-refractivity contribution in [2.24, 2.45) is 0 Å². The lowest BCUT2D eigenvalue weighted by Crippen LogP contribution is -2.50. The second-order valence-electron chi connectivity index (χ2n) is 11.4. The third kappa shape index (κ3) is 6.65. The van der Waals surface area contributed by atoms with Crippen LogP contribution in [0.5, 0.6) is 0 Å². The third-order valence-electron chi connectivity index (χ3n) is 8.37. The van der Waals surface area contributed by atoms with Crippen LogP contribution in [0.2, 0.25) is 5.02 Å². The first-order valence-electron chi connectivity index (χ1n) is 14.1. The maximum Gasteiger partial charge on any atom is 0.264 e. The number of rotatable bonds is 10. The van der Waals surface area contributed by atoms with Gasteiger partial charge in [0.25, 0.3) is 10.0 Å². The Labute approximate surface area is 249 Å². The van der Waals surface area contributed by atoms with Gasteiger partial charge in [0, 0.05) is 36.2 Å². The lowest BCUT2D eigenvalue weighted by Gasteiger charge is -2.39. The van der Waals surface area contributed by atoms with Gasteiger partial charge in [-0.05, 0) is 94.8 Å². The second-order valence-corrected chi connectivity index (χ2v) is 15.4. The van der Waals surface area contributed by atoms with Gasteiger partial charge in [-0.25, -0.2) is 21.6 Å². The van der Waals surface area contributed by atoms with Crippen LogP contribution in [0.25, 0.3) is 0 Å². The van der Waals surface area contributed by atoms with Crippen LogP contribution >= 0.6 is 11.6 Å². The molecule has 41 heavy (non-hydrogen) atoms. The summed E-state index contributed by atoms with van der Waals surface area (Å²) in [6.07, 6.45) is 4.18. The molecule has 2 bridgehead atoms. The molecule has 5 rings (SSSR count). The fraction of sp³-hybridized carbons (Fsp3) is 0.419. The Bertz CT molecular complexity index is 1580. The van der Waals surface area contributed by atoms with Crippen molar-refractivity contribution in [1.29, 1.82) is 0 Å². The molecule has 2 atom stereocenters. The van der Waals surface area contributed by atoms with Gasteiger partial charge in [-0.1, -0.05) is 53.1 Å². The Hall–Kier alpha value is -2.43. The number of piperidine rings is 1. The van der Waals surface area contributed by atoms with Gasteiger partial charge in [-0.3, -0.25) is 9.21 Å². The summed E-state index contributed by atoms with van der Waals surface area (Å²) in [6, 6.07) is 19.7. The Balaban J connectivity index is 1.26. The highest BCUT2D eigenvalue weighted by Gasteiger charge is 2.41. The molecule has 7 nitrogen and oxygen atoms in total. The van der Waals surface area contributed by atoms with E-state index in [1.54, 1.807) is 30.3 Å². The van der Waals surface area contributed by atoms with Crippen LogP contribution in [0.15, 0.2) is 76.5 Å². The van der Waals surface area contributed by atoms with E-state index >= 15 is 0 Å². The van der Waals surface area contributed by atoms with Gasteiger partial charge in [0.05, 0.1) is 15.5 Å². The number of fused-ring (bicyclic) bond motifs is 2. The number of benzene rings is 3. The van der Waals surface area contributed by atoms with Crippen LogP contribution < -0.4 is 9.03 Å². The molecule has 3 aromatic carbocycles. The summed E-state index contributed by atoms with van der Waals surface area (Å²) in [4.78, 5) is 3.00. The standard InChI is InChI=1S/C31H38ClN3O4S2/c1-22-5-13-29(14-6-22)40(36,37)33-25-19-26-11-12-27(20-25)34(26)17-4-18-35(28-10-9-24(3)31(32)21-28)41(38,39)30-15-7-23(2)8-16-30/h5-10,13-16,21,25-27,33H,4,11-12,17-20H2,1-3H3. The molecule has 2 saturated heterocycles. The van der Waals surface area contributed by atoms with E-state index < -0.39 is 20.0 Å². The number of nitrogens with zero attached hydrogens (tertiary/aromatic N) is 2. The smallest absolute Gasteiger partial charge is 0.264 e. The minimum atomic E-state index is -3.79. The van der Waals surface area contributed by atoms with Gasteiger partial charge in [0.2, 0.25) is 10.0 Å². The SMILES string of the molecule is Cc1ccc(S(=O)(=O)NC2CC3CCC(C2)N3CCCN(c2ccc(C)c(Cl)c2)S(=O)(=O)c2ccc(C)cc2)cc1. The molecule has 0 spiro atoms. The molecule has 0 aliphatic carbocycles. The molecule has 2 heterocycles. The molecule has 220 valence electrons. The minimum Gasteiger partial charge on any atom is -0.297 e. The van der Waals surface area contributed by atoms with Crippen LogP contribution in [-0.2, 0) is 20.0 Å². The van der Waals surface area contributed by atoms with Gasteiger partial charge in [0.15, 0.2) is 0 Å². The van der Waals surface area contributed by atoms with E-state index in [-0.39, 0.29) is 23.0 Å². The van der Waals surface area contributed by atoms with Crippen molar-refractivity contribution < 1.29 is 16.8 Å². The van der Waals surface area contributed by atoms with Crippen molar-refractivity contribution in [2.45, 2.75) is 80.8 Å². The summed E-state index contributed by atoms with van der Waals surface area (Å²) >= 11 is 6.40. The van der Waals surface area contributed by atoms with Gasteiger partial charge in [0.1, 0.15) is 0 Å². The maximum atomic E-state index is 13.8. The highest BCUT2D eigenvalue weighted by Crippen LogP contribution is 2.37. The van der Waals surface area contributed by atoms with Gasteiger partial charge in [-0.15, -0.1) is 0 Å². The van der Waals surface area contributed by atoms with Crippen molar-refractivity contribution in [3.8, 4) is 0 Å². The summed E-state index contributed by atoms with van der Waals surface area (Å²) in [6.45, 7) is 6.82. The Morgan fingerprint density at radius 2 is 1.39 bits per heavy atom. The summed E-state index contributed by atoms with van der Waals surface area (Å²) in [5.74, 6) is 0. The lowest BCUT2D eigenvalue weighted by atomic mass is 9.98. The Kier molecular flexibility index (Phi) is 8.83. The lowest BCUT2D eigenvalue weighted by molar-refractivity contribution is 0.123. The molecule has 2 fully saturated rings. The van der Waals surface area contributed by atoms with E-state index in [0.29, 0.717) is 28.6 Å². The molecular weight excluding hydrogens is 578 g/mol. The zero-order chi connectivity index (χ0) is 29.4. The quantitative estimate of drug-likeness (QED) is 0.310. The van der Waals surface area contributed by atoms with Gasteiger partial charge >= 0.3 is 0 Å². The largest absolute Gasteiger partial charge is 0.297 e. The summed E-state index contributed by atoms with van der Waals surface area (Å²) in [5, 5.41) is 0.528. The van der Waals surface area contributed by atoms with E-state index in [1.165, 1.54) is 4.31 Å². The second kappa shape index (κ2) is 12.1. The van der Waals surface area contributed by atoms with E-state index in [4.69, 9.17) is 11.6 Å². The Morgan fingerprint density at radius 1 is 0.829 bits per heavy atom. The highest BCUT2D eigenvalue weighted by atomic mass is 35.5. The number of sulfonamides is 2. The minimum absolute atomic E-state index is 0.108. The zero-order valence-corrected chi connectivity index (χ0v) is 26.1. The topological polar surface area (TPSA) is 86.8 Å². The van der Waals surface area contributed by atoms with Crippen molar-refractivity contribution in [3.05, 3.63) is 88.4 Å². The maximum absolute atomic E-state index is 13.8. The van der Waals surface area contributed by atoms with E-state index in [1.807, 2.05) is 57.2 Å². The van der Waals surface area contributed by atoms with E-state index in [0.717, 1.165) is 48.9 Å². The fourth-order valence-electron chi connectivity index (χ4n) is 6.10. The van der Waals surface area contributed by atoms with Crippen LogP contribution in [0.1, 0.15) is 48.8 Å². The molecule has 0 aromatic heterocycles. The molecule has 10 heteroatoms. The van der Waals surface area contributed by atoms with Crippen molar-refractivity contribution in [3.63, 3.8) is 0 Å². The summed E-state index contributed by atoms with van der Waals surface area (Å²) in [5.41, 5.74) is 3.45. The molecule has 0 saturated carbocycles. The summed E-state index contributed by atoms with van der Waals surface area (Å²) in [7, 11) is -7.37. The first-order valence-corrected chi connectivity index (χ1v) is 17.4. The molecule has 0 radical (unpaired) electrons. The Morgan fingerprint density at radius 3 is 1.95 bits per heavy atom. The van der Waals surface area contributed by atoms with Crippen molar-refractivity contribution in [1.82, 2.24) is 9.62 Å². The van der Waals surface area contributed by atoms with E-state index in [2.05, 4.69) is 9.62 Å². The number of halogens is 1. The monoisotopic (exact) mass is 615 g/mol. The third-order valence-corrected chi connectivity index (χ3v) is 12.2. The number of aryl methyl sites for hydroxylation is 3. The predicted molar refractivity (Wildman–Crippen MR) is 165 cm³/mol. The van der Waals surface area contributed by atoms with Crippen LogP contribution in [-0.4, -0.2) is 53.0 Å². The summed E-state index contributed by atoms with van der Waals surface area (Å²) < 4.78 is 57.9. The van der Waals surface area contributed by atoms with Crippen LogP contribution in [0.4, 0.5) is 5.69 Å². The molecule has 1 N–H and O–H groups in total. The number of hydrogen-bond acceptors (Lipinski definition) is 5. The van der Waals surface area contributed by atoms with Gasteiger partial charge < -0.3 is 0 Å². The number of hydrogen-bond donors (Lipinski definition) is 1. The predicted octanol–water partition coefficient (Wildman–Crippen LogP) is 5.82. The molecule has 2 aliphatic rings. The normalized spacial score (nSPS) is 21.2. The first kappa shape index (κ1) is 30.0. The molecule has 2 unspecified atom stereocenters. The zero-order valence-electron chi connectivity index (χ0n) is 23.8. The van der Waals surface area contributed by atoms with Crippen LogP contribution in [0, 0.1) is 20.8 Å². The average Bonchev–Trinajstić information content (AvgIpc) is 3.16. The number of anilines is 1. The molecule has 0 amide bonds. The fourth-order valence-corrected chi connectivity index (χ4v) is 9.03. The average molecular weight is 616 g/mol. The first-order chi connectivity index (χ1) is 19.4. The number of nitrogens with one attached hydrogen (secondary N) is 1. The van der Waals surface area contributed by atoms with Crippen LogP contribution in [0.3, 0.4) is 0 Å². The van der Waals surface area contributed by atoms with Gasteiger partial charge in [-0.2, -0.15) is 0 Å². The molecule has 3 aromatic rings.